The van der Waals surface area contributed by atoms with E-state index in [-0.39, 0.29) is 6.10 Å². The van der Waals surface area contributed by atoms with Crippen LogP contribution in [0.25, 0.3) is 0 Å². The van der Waals surface area contributed by atoms with E-state index in [1.54, 1.807) is 0 Å². The van der Waals surface area contributed by atoms with Crippen molar-refractivity contribution < 1.29 is 21.2 Å². The molecule has 0 saturated carbocycles. The SMILES string of the molecule is CC(C)OC[Si]1(C(C)C)O[SiH](C(C)C)O[SiH](C(C)C)O[SiH](C(C)C)O1. The van der Waals surface area contributed by atoms with Crippen LogP contribution in [0.4, 0.5) is 0 Å². The average molecular weight is 425 g/mol. The highest BCUT2D eigenvalue weighted by atomic mass is 28.5. The lowest BCUT2D eigenvalue weighted by Crippen LogP contribution is -2.62. The summed E-state index contributed by atoms with van der Waals surface area (Å²) in [4.78, 5) is 0. The van der Waals surface area contributed by atoms with Gasteiger partial charge in [-0.05, 0) is 36.0 Å². The van der Waals surface area contributed by atoms with E-state index in [1.165, 1.54) is 0 Å². The van der Waals surface area contributed by atoms with Crippen molar-refractivity contribution >= 4 is 36.4 Å². The molecule has 0 radical (unpaired) electrons. The first-order valence-electron chi connectivity index (χ1n) is 9.76. The lowest BCUT2D eigenvalue weighted by atomic mass is 10.5. The van der Waals surface area contributed by atoms with Gasteiger partial charge in [-0.1, -0.05) is 55.4 Å². The maximum atomic E-state index is 6.81. The number of rotatable bonds is 7. The standard InChI is InChI=1S/C16H40O5Si4/c1-12(2)17-11-25(16(9)10)20-23(14(5)6)18-22(13(3)4)19-24(21-25)15(7)8/h12-16,22-24H,11H2,1-10H3. The Morgan fingerprint density at radius 1 is 0.680 bits per heavy atom. The predicted molar refractivity (Wildman–Crippen MR) is 113 cm³/mol. The van der Waals surface area contributed by atoms with Crippen molar-refractivity contribution in [1.82, 2.24) is 0 Å². The second-order valence-electron chi connectivity index (χ2n) is 8.67. The Hall–Kier alpha value is 0.668. The van der Waals surface area contributed by atoms with Crippen LogP contribution in [0.1, 0.15) is 69.2 Å². The molecule has 0 aromatic carbocycles. The Kier molecular flexibility index (Phi) is 9.75. The van der Waals surface area contributed by atoms with Crippen LogP contribution in [0.15, 0.2) is 0 Å². The highest BCUT2D eigenvalue weighted by Gasteiger charge is 2.50. The fourth-order valence-corrected chi connectivity index (χ4v) is 21.6. The van der Waals surface area contributed by atoms with Gasteiger partial charge < -0.3 is 21.2 Å². The van der Waals surface area contributed by atoms with E-state index >= 15 is 0 Å². The van der Waals surface area contributed by atoms with Crippen LogP contribution >= 0.6 is 0 Å². The van der Waals surface area contributed by atoms with Gasteiger partial charge in [-0.2, -0.15) is 0 Å². The maximum absolute atomic E-state index is 6.81. The van der Waals surface area contributed by atoms with Gasteiger partial charge in [0.15, 0.2) is 0 Å². The third-order valence-corrected chi connectivity index (χ3v) is 19.2. The van der Waals surface area contributed by atoms with E-state index in [9.17, 15) is 0 Å². The summed E-state index contributed by atoms with van der Waals surface area (Å²) in [6.07, 6.45) is 0.730. The molecular formula is C16H40O5Si4. The molecule has 1 saturated heterocycles. The van der Waals surface area contributed by atoms with E-state index in [1.807, 2.05) is 0 Å². The summed E-state index contributed by atoms with van der Waals surface area (Å²) < 4.78 is 32.8. The lowest BCUT2D eigenvalue weighted by Gasteiger charge is -2.45. The number of hydrogen-bond acceptors (Lipinski definition) is 5. The molecule has 150 valence electrons. The molecule has 2 atom stereocenters. The molecular weight excluding hydrogens is 385 g/mol. The molecule has 0 aromatic rings. The zero-order valence-corrected chi connectivity index (χ0v) is 22.3. The summed E-state index contributed by atoms with van der Waals surface area (Å²) in [7, 11) is -8.07. The van der Waals surface area contributed by atoms with Crippen LogP contribution in [-0.2, 0) is 21.2 Å². The molecule has 0 N–H and O–H groups in total. The molecule has 25 heavy (non-hydrogen) atoms. The van der Waals surface area contributed by atoms with E-state index in [4.69, 9.17) is 21.2 Å². The molecule has 1 rings (SSSR count). The van der Waals surface area contributed by atoms with Gasteiger partial charge in [0.1, 0.15) is 0 Å². The van der Waals surface area contributed by atoms with Gasteiger partial charge in [-0.3, -0.25) is 0 Å². The zero-order chi connectivity index (χ0) is 19.4. The van der Waals surface area contributed by atoms with Crippen molar-refractivity contribution in [3.05, 3.63) is 0 Å². The Morgan fingerprint density at radius 3 is 1.36 bits per heavy atom. The van der Waals surface area contributed by atoms with Gasteiger partial charge >= 0.3 is 36.4 Å². The maximum Gasteiger partial charge on any atom is 0.349 e. The Morgan fingerprint density at radius 2 is 1.08 bits per heavy atom. The molecule has 0 aliphatic carbocycles. The van der Waals surface area contributed by atoms with Crippen molar-refractivity contribution in [2.45, 2.75) is 97.5 Å². The molecule has 1 fully saturated rings. The minimum Gasteiger partial charge on any atom is -0.420 e. The highest BCUT2D eigenvalue weighted by molar-refractivity contribution is 6.83. The van der Waals surface area contributed by atoms with Gasteiger partial charge in [-0.15, -0.1) is 0 Å². The zero-order valence-electron chi connectivity index (χ0n) is 17.9. The second kappa shape index (κ2) is 10.3. The molecule has 0 spiro atoms. The third-order valence-electron chi connectivity index (χ3n) is 4.30. The van der Waals surface area contributed by atoms with Crippen LogP contribution in [-0.4, -0.2) is 48.7 Å². The number of hydrogen-bond donors (Lipinski definition) is 0. The Balaban J connectivity index is 3.19. The minimum atomic E-state index is -2.55. The smallest absolute Gasteiger partial charge is 0.349 e. The topological polar surface area (TPSA) is 46.2 Å². The molecule has 5 nitrogen and oxygen atoms in total. The van der Waals surface area contributed by atoms with Crippen molar-refractivity contribution in [3.8, 4) is 0 Å². The van der Waals surface area contributed by atoms with Crippen molar-refractivity contribution in [1.29, 1.82) is 0 Å². The quantitative estimate of drug-likeness (QED) is 0.582. The van der Waals surface area contributed by atoms with Crippen molar-refractivity contribution in [2.75, 3.05) is 6.23 Å². The fourth-order valence-electron chi connectivity index (χ4n) is 2.46. The molecule has 1 aliphatic heterocycles. The summed E-state index contributed by atoms with van der Waals surface area (Å²) in [5.74, 6) is 0. The molecule has 1 heterocycles. The van der Waals surface area contributed by atoms with E-state index in [0.717, 1.165) is 0 Å². The van der Waals surface area contributed by atoms with E-state index in [2.05, 4.69) is 69.2 Å². The summed E-state index contributed by atoms with van der Waals surface area (Å²) in [5, 5.41) is 0. The predicted octanol–water partition coefficient (Wildman–Crippen LogP) is 3.77. The summed E-state index contributed by atoms with van der Waals surface area (Å²) in [6, 6.07) is 0. The molecule has 0 aromatic heterocycles. The van der Waals surface area contributed by atoms with Gasteiger partial charge in [0.25, 0.3) is 0 Å². The average Bonchev–Trinajstić information content (AvgIpc) is 2.45. The van der Waals surface area contributed by atoms with Crippen LogP contribution in [0.2, 0.25) is 22.2 Å². The molecule has 9 heteroatoms. The molecule has 1 aliphatic rings. The lowest BCUT2D eigenvalue weighted by molar-refractivity contribution is 0.0869. The first-order chi connectivity index (χ1) is 11.5. The number of ether oxygens (including phenoxy) is 1. The van der Waals surface area contributed by atoms with E-state index < -0.39 is 36.4 Å². The first kappa shape index (κ1) is 23.7. The van der Waals surface area contributed by atoms with Gasteiger partial charge in [0, 0.05) is 0 Å². The Labute approximate surface area is 161 Å². The summed E-state index contributed by atoms with van der Waals surface area (Å²) in [5.41, 5.74) is 1.51. The first-order valence-corrected chi connectivity index (χ1v) is 16.7. The highest BCUT2D eigenvalue weighted by Crippen LogP contribution is 2.34. The Bertz CT molecular complexity index is 373. The van der Waals surface area contributed by atoms with Crippen molar-refractivity contribution in [3.63, 3.8) is 0 Å². The summed E-state index contributed by atoms with van der Waals surface area (Å²) >= 11 is 0. The van der Waals surface area contributed by atoms with Crippen LogP contribution in [0.5, 0.6) is 0 Å². The van der Waals surface area contributed by atoms with Gasteiger partial charge in [0.2, 0.25) is 0 Å². The summed E-state index contributed by atoms with van der Waals surface area (Å²) in [6.45, 7) is 21.7. The van der Waals surface area contributed by atoms with Gasteiger partial charge in [0.05, 0.1) is 12.3 Å². The fraction of sp³-hybridized carbons (Fsp3) is 1.00. The second-order valence-corrected chi connectivity index (χ2v) is 22.0. The molecule has 2 unspecified atom stereocenters. The normalized spacial score (nSPS) is 32.0. The molecule has 0 amide bonds. The minimum absolute atomic E-state index is 0.165. The van der Waals surface area contributed by atoms with E-state index in [0.29, 0.717) is 28.4 Å². The van der Waals surface area contributed by atoms with Crippen LogP contribution in [0, 0.1) is 0 Å². The molecule has 0 bridgehead atoms. The van der Waals surface area contributed by atoms with Crippen LogP contribution < -0.4 is 0 Å². The monoisotopic (exact) mass is 424 g/mol. The largest absolute Gasteiger partial charge is 0.420 e. The third kappa shape index (κ3) is 6.96. The van der Waals surface area contributed by atoms with Crippen molar-refractivity contribution in [2.24, 2.45) is 0 Å². The van der Waals surface area contributed by atoms with Gasteiger partial charge in [-0.25, -0.2) is 0 Å². The van der Waals surface area contributed by atoms with Crippen LogP contribution in [0.3, 0.4) is 0 Å².